The molecule has 2 saturated heterocycles. The summed E-state index contributed by atoms with van der Waals surface area (Å²) in [6, 6.07) is 0. The summed E-state index contributed by atoms with van der Waals surface area (Å²) in [6.45, 7) is 8.42. The third kappa shape index (κ3) is 4.07. The lowest BCUT2D eigenvalue weighted by atomic mass is 10.1. The van der Waals surface area contributed by atoms with Gasteiger partial charge in [0.25, 0.3) is 0 Å². The Kier molecular flexibility index (Phi) is 4.56. The number of carbonyl (C=O) groups is 1. The lowest BCUT2D eigenvalue weighted by Crippen LogP contribution is -2.44. The van der Waals surface area contributed by atoms with Crippen LogP contribution in [-0.4, -0.2) is 61.8 Å². The first-order valence-corrected chi connectivity index (χ1v) is 7.26. The van der Waals surface area contributed by atoms with E-state index in [1.165, 1.54) is 0 Å². The van der Waals surface area contributed by atoms with Crippen LogP contribution in [0, 0.1) is 0 Å². The predicted molar refractivity (Wildman–Crippen MR) is 74.5 cm³/mol. The summed E-state index contributed by atoms with van der Waals surface area (Å²) in [7, 11) is 1.73. The van der Waals surface area contributed by atoms with Crippen molar-refractivity contribution in [2.45, 2.75) is 51.1 Å². The van der Waals surface area contributed by atoms with Crippen LogP contribution in [0.25, 0.3) is 0 Å². The number of nitrogens with zero attached hydrogens (tertiary/aromatic N) is 1. The molecule has 2 heterocycles. The Hall–Kier alpha value is -0.850. The van der Waals surface area contributed by atoms with Gasteiger partial charge in [0.05, 0.1) is 13.2 Å². The first-order valence-electron chi connectivity index (χ1n) is 7.26. The second-order valence-electron chi connectivity index (χ2n) is 6.57. The summed E-state index contributed by atoms with van der Waals surface area (Å²) in [6.07, 6.45) is 1.32. The molecule has 6 nitrogen and oxygen atoms in total. The number of rotatable bonds is 2. The van der Waals surface area contributed by atoms with E-state index in [1.807, 2.05) is 20.8 Å². The molecule has 0 saturated carbocycles. The summed E-state index contributed by atoms with van der Waals surface area (Å²) >= 11 is 0. The first-order chi connectivity index (χ1) is 9.30. The summed E-state index contributed by atoms with van der Waals surface area (Å²) in [5, 5.41) is 3.29. The largest absolute Gasteiger partial charge is 0.444 e. The van der Waals surface area contributed by atoms with Crippen LogP contribution >= 0.6 is 0 Å². The number of piperidine rings is 1. The number of ether oxygens (including phenoxy) is 3. The number of likely N-dealkylation sites (N-methyl/N-ethyl adjacent to an activating group) is 1. The van der Waals surface area contributed by atoms with Gasteiger partial charge in [-0.25, -0.2) is 4.79 Å². The third-order valence-electron chi connectivity index (χ3n) is 3.46. The quantitative estimate of drug-likeness (QED) is 0.830. The fraction of sp³-hybridized carbons (Fsp3) is 0.929. The van der Waals surface area contributed by atoms with Gasteiger partial charge in [0.1, 0.15) is 11.7 Å². The molecule has 1 spiro atoms. The Balaban J connectivity index is 1.81. The maximum absolute atomic E-state index is 11.9. The van der Waals surface area contributed by atoms with Crippen molar-refractivity contribution in [1.82, 2.24) is 10.2 Å². The van der Waals surface area contributed by atoms with Crippen LogP contribution < -0.4 is 5.32 Å². The molecule has 6 heteroatoms. The average Bonchev–Trinajstić information content (AvgIpc) is 2.71. The molecule has 1 atom stereocenters. The second-order valence-corrected chi connectivity index (χ2v) is 6.57. The van der Waals surface area contributed by atoms with Gasteiger partial charge in [-0.05, 0) is 20.8 Å². The Labute approximate surface area is 120 Å². The molecule has 0 aromatic carbocycles. The first kappa shape index (κ1) is 15.5. The standard InChI is InChI=1S/C14H26N2O4/c1-13(2,3)20-12(17)16(4)9-11-10-18-14(19-11)5-7-15-8-6-14/h11,15H,5-10H2,1-4H3. The van der Waals surface area contributed by atoms with E-state index in [-0.39, 0.29) is 12.2 Å². The summed E-state index contributed by atoms with van der Waals surface area (Å²) in [5.74, 6) is -0.440. The van der Waals surface area contributed by atoms with Crippen molar-refractivity contribution in [2.24, 2.45) is 0 Å². The van der Waals surface area contributed by atoms with Gasteiger partial charge in [-0.15, -0.1) is 0 Å². The van der Waals surface area contributed by atoms with Gasteiger partial charge in [-0.3, -0.25) is 0 Å². The topological polar surface area (TPSA) is 60.0 Å². The highest BCUT2D eigenvalue weighted by Crippen LogP contribution is 2.32. The van der Waals surface area contributed by atoms with Crippen LogP contribution in [0.4, 0.5) is 4.79 Å². The fourth-order valence-electron chi connectivity index (χ4n) is 2.50. The lowest BCUT2D eigenvalue weighted by molar-refractivity contribution is -0.183. The fourth-order valence-corrected chi connectivity index (χ4v) is 2.50. The average molecular weight is 286 g/mol. The van der Waals surface area contributed by atoms with E-state index >= 15 is 0 Å². The Morgan fingerprint density at radius 3 is 2.65 bits per heavy atom. The molecule has 1 unspecified atom stereocenters. The van der Waals surface area contributed by atoms with Crippen LogP contribution in [0.15, 0.2) is 0 Å². The minimum absolute atomic E-state index is 0.0781. The minimum Gasteiger partial charge on any atom is -0.444 e. The van der Waals surface area contributed by atoms with Gasteiger partial charge in [0.2, 0.25) is 0 Å². The number of carbonyl (C=O) groups excluding carboxylic acids is 1. The van der Waals surface area contributed by atoms with Crippen molar-refractivity contribution >= 4 is 6.09 Å². The number of nitrogens with one attached hydrogen (secondary N) is 1. The van der Waals surface area contributed by atoms with Gasteiger partial charge < -0.3 is 24.4 Å². The molecular formula is C14H26N2O4. The number of hydrogen-bond acceptors (Lipinski definition) is 5. The Bertz CT molecular complexity index is 348. The molecule has 1 amide bonds. The Morgan fingerprint density at radius 2 is 2.05 bits per heavy atom. The van der Waals surface area contributed by atoms with E-state index in [0.29, 0.717) is 13.2 Å². The zero-order valence-corrected chi connectivity index (χ0v) is 12.9. The maximum Gasteiger partial charge on any atom is 0.410 e. The van der Waals surface area contributed by atoms with Gasteiger partial charge in [-0.1, -0.05) is 0 Å². The molecule has 2 aliphatic heterocycles. The molecule has 20 heavy (non-hydrogen) atoms. The lowest BCUT2D eigenvalue weighted by Gasteiger charge is -2.32. The van der Waals surface area contributed by atoms with Crippen LogP contribution in [0.1, 0.15) is 33.6 Å². The molecule has 1 N–H and O–H groups in total. The van der Waals surface area contributed by atoms with E-state index in [2.05, 4.69) is 5.32 Å². The van der Waals surface area contributed by atoms with Gasteiger partial charge in [0.15, 0.2) is 5.79 Å². The maximum atomic E-state index is 11.9. The molecule has 0 aromatic rings. The third-order valence-corrected chi connectivity index (χ3v) is 3.46. The highest BCUT2D eigenvalue weighted by atomic mass is 16.7. The van der Waals surface area contributed by atoms with Gasteiger partial charge in [0, 0.05) is 33.0 Å². The van der Waals surface area contributed by atoms with Gasteiger partial charge >= 0.3 is 6.09 Å². The molecule has 2 rings (SSSR count). The van der Waals surface area contributed by atoms with Crippen molar-refractivity contribution in [3.63, 3.8) is 0 Å². The SMILES string of the molecule is CN(CC1COC2(CCNCC2)O1)C(=O)OC(C)(C)C. The molecule has 0 bridgehead atoms. The highest BCUT2D eigenvalue weighted by Gasteiger charge is 2.42. The van der Waals surface area contributed by atoms with E-state index < -0.39 is 11.4 Å². The number of amides is 1. The highest BCUT2D eigenvalue weighted by molar-refractivity contribution is 5.67. The van der Waals surface area contributed by atoms with Crippen LogP contribution in [0.3, 0.4) is 0 Å². The molecule has 2 aliphatic rings. The summed E-state index contributed by atoms with van der Waals surface area (Å²) in [4.78, 5) is 13.5. The van der Waals surface area contributed by atoms with E-state index in [9.17, 15) is 4.79 Å². The van der Waals surface area contributed by atoms with Crippen molar-refractivity contribution in [3.8, 4) is 0 Å². The smallest absolute Gasteiger partial charge is 0.410 e. The molecule has 0 aromatic heterocycles. The summed E-state index contributed by atoms with van der Waals surface area (Å²) in [5.41, 5.74) is -0.478. The zero-order valence-electron chi connectivity index (χ0n) is 12.9. The van der Waals surface area contributed by atoms with Crippen molar-refractivity contribution in [3.05, 3.63) is 0 Å². The minimum atomic E-state index is -0.478. The van der Waals surface area contributed by atoms with Crippen LogP contribution in [0.2, 0.25) is 0 Å². The van der Waals surface area contributed by atoms with E-state index in [1.54, 1.807) is 11.9 Å². The predicted octanol–water partition coefficient (Wildman–Crippen LogP) is 1.35. The van der Waals surface area contributed by atoms with Crippen molar-refractivity contribution in [2.75, 3.05) is 33.3 Å². The Morgan fingerprint density at radius 1 is 1.40 bits per heavy atom. The monoisotopic (exact) mass is 286 g/mol. The van der Waals surface area contributed by atoms with Crippen LogP contribution in [0.5, 0.6) is 0 Å². The molecule has 0 aliphatic carbocycles. The molecule has 0 radical (unpaired) electrons. The van der Waals surface area contributed by atoms with Gasteiger partial charge in [-0.2, -0.15) is 0 Å². The van der Waals surface area contributed by atoms with Crippen molar-refractivity contribution < 1.29 is 19.0 Å². The van der Waals surface area contributed by atoms with E-state index in [4.69, 9.17) is 14.2 Å². The van der Waals surface area contributed by atoms with E-state index in [0.717, 1.165) is 25.9 Å². The normalized spacial score (nSPS) is 25.7. The molecular weight excluding hydrogens is 260 g/mol. The summed E-state index contributed by atoms with van der Waals surface area (Å²) < 4.78 is 17.2. The molecule has 116 valence electrons. The zero-order chi connectivity index (χ0) is 14.8. The number of hydrogen-bond donors (Lipinski definition) is 1. The van der Waals surface area contributed by atoms with Crippen LogP contribution in [-0.2, 0) is 14.2 Å². The van der Waals surface area contributed by atoms with Crippen molar-refractivity contribution in [1.29, 1.82) is 0 Å². The second kappa shape index (κ2) is 5.87. The molecule has 2 fully saturated rings.